The lowest BCUT2D eigenvalue weighted by Gasteiger charge is -2.06. The summed E-state index contributed by atoms with van der Waals surface area (Å²) in [6.07, 6.45) is 4.04. The van der Waals surface area contributed by atoms with Gasteiger partial charge >= 0.3 is 0 Å². The predicted molar refractivity (Wildman–Crippen MR) is 130 cm³/mol. The van der Waals surface area contributed by atoms with Crippen molar-refractivity contribution in [2.24, 2.45) is 5.73 Å². The molecule has 0 atom stereocenters. The molecule has 2 aromatic carbocycles. The van der Waals surface area contributed by atoms with Crippen molar-refractivity contribution in [2.75, 3.05) is 6.54 Å². The number of unbranched alkanes of at least 4 members (excludes halogenated alkanes) is 2. The highest BCUT2D eigenvalue weighted by Crippen LogP contribution is 2.07. The fraction of sp³-hybridized carbons (Fsp3) is 0.360. The van der Waals surface area contributed by atoms with Crippen molar-refractivity contribution in [2.45, 2.75) is 53.9 Å². The topological polar surface area (TPSA) is 120 Å². The Hall–Kier alpha value is -3.28. The molecule has 0 saturated carbocycles. The van der Waals surface area contributed by atoms with Crippen molar-refractivity contribution in [3.05, 3.63) is 70.8 Å². The zero-order chi connectivity index (χ0) is 22.5. The van der Waals surface area contributed by atoms with Gasteiger partial charge in [0, 0.05) is 28.9 Å². The number of carbonyl (C=O) groups is 2. The average molecular weight is 425 g/mol. The second-order valence-electron chi connectivity index (χ2n) is 6.92. The van der Waals surface area contributed by atoms with Crippen LogP contribution in [0.1, 0.15) is 85.7 Å². The third-order valence-corrected chi connectivity index (χ3v) is 4.52. The van der Waals surface area contributed by atoms with Crippen LogP contribution < -0.4 is 11.1 Å². The standard InChI is InChI=1S/C15H22N2O.C9H10N2O.CH4/c1-3-5-6-11-17-15(18)13-9-7-12(8-10-13)14(16)4-2;1-6(12)7-2-4-8(5-3-7)9(10)11;/h7-10,16H,3-6,11H2,1-2H3,(H,17,18);2-5H,1H3,(H3,10,11);1H4. The maximum atomic E-state index is 11.8. The first-order valence-electron chi connectivity index (χ1n) is 10.2. The molecule has 2 aromatic rings. The van der Waals surface area contributed by atoms with Crippen molar-refractivity contribution < 1.29 is 9.59 Å². The molecule has 0 bridgehead atoms. The number of amides is 1. The largest absolute Gasteiger partial charge is 0.384 e. The monoisotopic (exact) mass is 424 g/mol. The maximum Gasteiger partial charge on any atom is 0.251 e. The number of carbonyl (C=O) groups excluding carboxylic acids is 2. The maximum absolute atomic E-state index is 11.8. The van der Waals surface area contributed by atoms with Crippen molar-refractivity contribution in [1.82, 2.24) is 5.32 Å². The molecule has 0 spiro atoms. The van der Waals surface area contributed by atoms with E-state index in [-0.39, 0.29) is 25.0 Å². The van der Waals surface area contributed by atoms with Gasteiger partial charge in [-0.15, -0.1) is 0 Å². The predicted octanol–water partition coefficient (Wildman–Crippen LogP) is 5.19. The van der Waals surface area contributed by atoms with Crippen LogP contribution in [0.4, 0.5) is 0 Å². The van der Waals surface area contributed by atoms with E-state index in [0.29, 0.717) is 28.8 Å². The van der Waals surface area contributed by atoms with E-state index in [4.69, 9.17) is 16.6 Å². The summed E-state index contributed by atoms with van der Waals surface area (Å²) in [6.45, 7) is 6.34. The lowest BCUT2D eigenvalue weighted by Crippen LogP contribution is -2.24. The van der Waals surface area contributed by atoms with E-state index in [9.17, 15) is 9.59 Å². The highest BCUT2D eigenvalue weighted by Gasteiger charge is 2.05. The van der Waals surface area contributed by atoms with Gasteiger partial charge in [-0.25, -0.2) is 0 Å². The number of amidine groups is 1. The first-order chi connectivity index (χ1) is 14.3. The summed E-state index contributed by atoms with van der Waals surface area (Å²) < 4.78 is 0. The number of nitrogens with two attached hydrogens (primary N) is 1. The van der Waals surface area contributed by atoms with Gasteiger partial charge in [-0.1, -0.05) is 70.5 Å². The summed E-state index contributed by atoms with van der Waals surface area (Å²) in [5.74, 6) is 0.0101. The Morgan fingerprint density at radius 3 is 1.77 bits per heavy atom. The van der Waals surface area contributed by atoms with Crippen LogP contribution in [0.3, 0.4) is 0 Å². The Morgan fingerprint density at radius 1 is 0.839 bits per heavy atom. The van der Waals surface area contributed by atoms with Gasteiger partial charge in [0.2, 0.25) is 0 Å². The highest BCUT2D eigenvalue weighted by molar-refractivity contribution is 6.00. The van der Waals surface area contributed by atoms with Crippen molar-refractivity contribution in [1.29, 1.82) is 10.8 Å². The van der Waals surface area contributed by atoms with Gasteiger partial charge in [0.05, 0.1) is 0 Å². The molecule has 0 unspecified atom stereocenters. The molecule has 0 fully saturated rings. The first-order valence-corrected chi connectivity index (χ1v) is 10.2. The van der Waals surface area contributed by atoms with Gasteiger partial charge in [-0.3, -0.25) is 15.0 Å². The minimum Gasteiger partial charge on any atom is -0.384 e. The van der Waals surface area contributed by atoms with E-state index in [1.165, 1.54) is 6.92 Å². The van der Waals surface area contributed by atoms with Gasteiger partial charge in [0.15, 0.2) is 5.78 Å². The van der Waals surface area contributed by atoms with Gasteiger partial charge in [-0.05, 0) is 37.5 Å². The Bertz CT molecular complexity index is 823. The SMILES string of the molecule is C.CC(=O)c1ccc(C(=N)N)cc1.CCCCCNC(=O)c1ccc(C(=N)CC)cc1. The second kappa shape index (κ2) is 14.7. The summed E-state index contributed by atoms with van der Waals surface area (Å²) in [4.78, 5) is 22.6. The number of rotatable bonds is 9. The van der Waals surface area contributed by atoms with E-state index >= 15 is 0 Å². The first kappa shape index (κ1) is 27.7. The molecule has 0 aliphatic rings. The van der Waals surface area contributed by atoms with Gasteiger partial charge in [0.25, 0.3) is 5.91 Å². The fourth-order valence-electron chi connectivity index (χ4n) is 2.59. The molecule has 168 valence electrons. The summed E-state index contributed by atoms with van der Waals surface area (Å²) in [6, 6.07) is 13.9. The van der Waals surface area contributed by atoms with Crippen LogP contribution >= 0.6 is 0 Å². The average Bonchev–Trinajstić information content (AvgIpc) is 2.76. The molecule has 5 N–H and O–H groups in total. The Balaban J connectivity index is 0.000000605. The molecular formula is C25H36N4O2. The molecule has 0 saturated heterocycles. The molecule has 0 aromatic heterocycles. The van der Waals surface area contributed by atoms with Gasteiger partial charge in [0.1, 0.15) is 5.84 Å². The van der Waals surface area contributed by atoms with Crippen LogP contribution in [0.5, 0.6) is 0 Å². The lowest BCUT2D eigenvalue weighted by atomic mass is 10.1. The highest BCUT2D eigenvalue weighted by atomic mass is 16.1. The van der Waals surface area contributed by atoms with Crippen LogP contribution in [0.25, 0.3) is 0 Å². The minimum atomic E-state index is -0.0271. The second-order valence-corrected chi connectivity index (χ2v) is 6.92. The van der Waals surface area contributed by atoms with Crippen LogP contribution in [0, 0.1) is 10.8 Å². The molecule has 0 aliphatic carbocycles. The molecular weight excluding hydrogens is 388 g/mol. The van der Waals surface area contributed by atoms with E-state index in [1.807, 2.05) is 19.1 Å². The molecule has 31 heavy (non-hydrogen) atoms. The third kappa shape index (κ3) is 9.85. The number of hydrogen-bond donors (Lipinski definition) is 4. The number of benzene rings is 2. The van der Waals surface area contributed by atoms with Crippen LogP contribution in [-0.2, 0) is 0 Å². The summed E-state index contributed by atoms with van der Waals surface area (Å²) in [7, 11) is 0. The van der Waals surface area contributed by atoms with Crippen LogP contribution in [-0.4, -0.2) is 29.8 Å². The Kier molecular flexibility index (Phi) is 13.1. The molecule has 6 nitrogen and oxygen atoms in total. The molecule has 6 heteroatoms. The molecule has 1 amide bonds. The molecule has 0 radical (unpaired) electrons. The quantitative estimate of drug-likeness (QED) is 0.192. The van der Waals surface area contributed by atoms with Crippen LogP contribution in [0.15, 0.2) is 48.5 Å². The number of ketones is 1. The fourth-order valence-corrected chi connectivity index (χ4v) is 2.59. The van der Waals surface area contributed by atoms with Crippen molar-refractivity contribution in [3.63, 3.8) is 0 Å². The van der Waals surface area contributed by atoms with Crippen molar-refractivity contribution >= 4 is 23.2 Å². The number of nitrogen functional groups attached to an aromatic ring is 1. The zero-order valence-corrected chi connectivity index (χ0v) is 18.0. The molecule has 2 rings (SSSR count). The lowest BCUT2D eigenvalue weighted by molar-refractivity contribution is 0.0952. The Labute approximate surface area is 186 Å². The minimum absolute atomic E-state index is 0. The van der Waals surface area contributed by atoms with E-state index in [1.54, 1.807) is 36.4 Å². The van der Waals surface area contributed by atoms with E-state index < -0.39 is 0 Å². The smallest absolute Gasteiger partial charge is 0.251 e. The Morgan fingerprint density at radius 2 is 1.32 bits per heavy atom. The molecule has 0 heterocycles. The van der Waals surface area contributed by atoms with Crippen LogP contribution in [0.2, 0.25) is 0 Å². The van der Waals surface area contributed by atoms with E-state index in [2.05, 4.69) is 12.2 Å². The van der Waals surface area contributed by atoms with E-state index in [0.717, 1.165) is 31.4 Å². The summed E-state index contributed by atoms with van der Waals surface area (Å²) >= 11 is 0. The summed E-state index contributed by atoms with van der Waals surface area (Å²) in [5, 5.41) is 17.7. The number of Topliss-reactive ketones (excluding diaryl/α,β-unsaturated/α-hetero) is 1. The number of nitrogens with one attached hydrogen (secondary N) is 3. The molecule has 0 aliphatic heterocycles. The summed E-state index contributed by atoms with van der Waals surface area (Å²) in [5.41, 5.74) is 8.67. The van der Waals surface area contributed by atoms with Gasteiger partial charge in [-0.2, -0.15) is 0 Å². The number of hydrogen-bond acceptors (Lipinski definition) is 4. The third-order valence-electron chi connectivity index (χ3n) is 4.52. The van der Waals surface area contributed by atoms with Crippen molar-refractivity contribution in [3.8, 4) is 0 Å². The normalized spacial score (nSPS) is 9.52. The zero-order valence-electron chi connectivity index (χ0n) is 18.0. The van der Waals surface area contributed by atoms with Gasteiger partial charge < -0.3 is 16.5 Å².